The van der Waals surface area contributed by atoms with E-state index in [9.17, 15) is 9.59 Å². The maximum Gasteiger partial charge on any atom is 0.264 e. The van der Waals surface area contributed by atoms with Gasteiger partial charge in [0.05, 0.1) is 11.4 Å². The maximum absolute atomic E-state index is 12.6. The normalized spacial score (nSPS) is 14.3. The van der Waals surface area contributed by atoms with Crippen LogP contribution < -0.4 is 5.32 Å². The number of nitrogens with one attached hydrogen (secondary N) is 1. The van der Waals surface area contributed by atoms with Crippen molar-refractivity contribution < 1.29 is 14.1 Å². The second-order valence-electron chi connectivity index (χ2n) is 6.51. The maximum atomic E-state index is 12.6. The Balaban J connectivity index is 1.61. The first-order valence-electron chi connectivity index (χ1n) is 8.63. The average Bonchev–Trinajstić information content (AvgIpc) is 3.12. The molecule has 0 radical (unpaired) electrons. The van der Waals surface area contributed by atoms with Gasteiger partial charge >= 0.3 is 0 Å². The highest BCUT2D eigenvalue weighted by atomic mass is 32.1. The van der Waals surface area contributed by atoms with Gasteiger partial charge in [-0.15, -0.1) is 11.3 Å². The SMILES string of the molecule is Cc1cc(NC(=O)CN(C)C(=O)c2cc3c(s2)CCCCCC3)no1. The third kappa shape index (κ3) is 4.48. The standard InChI is InChI=1S/C18H23N3O3S/c1-12-9-16(20-24-12)19-17(22)11-21(2)18(23)15-10-13-7-5-3-4-6-8-14(13)25-15/h9-10H,3-8,11H2,1-2H3,(H,19,20,22). The molecule has 0 saturated carbocycles. The van der Waals surface area contributed by atoms with E-state index in [1.807, 2.05) is 6.07 Å². The molecule has 0 spiro atoms. The van der Waals surface area contributed by atoms with E-state index < -0.39 is 0 Å². The van der Waals surface area contributed by atoms with E-state index in [-0.39, 0.29) is 18.4 Å². The van der Waals surface area contributed by atoms with Crippen molar-refractivity contribution in [2.45, 2.75) is 45.4 Å². The smallest absolute Gasteiger partial charge is 0.264 e. The monoisotopic (exact) mass is 361 g/mol. The first-order chi connectivity index (χ1) is 12.0. The van der Waals surface area contributed by atoms with Gasteiger partial charge in [0.2, 0.25) is 5.91 Å². The number of carbonyl (C=O) groups excluding carboxylic acids is 2. The predicted molar refractivity (Wildman–Crippen MR) is 97.0 cm³/mol. The van der Waals surface area contributed by atoms with Gasteiger partial charge in [-0.2, -0.15) is 0 Å². The van der Waals surface area contributed by atoms with E-state index in [0.717, 1.165) is 17.7 Å². The Bertz CT molecular complexity index is 740. The van der Waals surface area contributed by atoms with Gasteiger partial charge in [0.1, 0.15) is 5.76 Å². The molecule has 1 aliphatic carbocycles. The highest BCUT2D eigenvalue weighted by molar-refractivity contribution is 7.14. The Labute approximate surface area is 151 Å². The van der Waals surface area contributed by atoms with Crippen LogP contribution >= 0.6 is 11.3 Å². The largest absolute Gasteiger partial charge is 0.360 e. The molecule has 7 heteroatoms. The Hall–Kier alpha value is -2.15. The second kappa shape index (κ2) is 7.82. The minimum absolute atomic E-state index is 0.0205. The molecule has 0 atom stereocenters. The second-order valence-corrected chi connectivity index (χ2v) is 7.64. The molecule has 25 heavy (non-hydrogen) atoms. The summed E-state index contributed by atoms with van der Waals surface area (Å²) in [7, 11) is 1.65. The van der Waals surface area contributed by atoms with Crippen molar-refractivity contribution in [1.82, 2.24) is 10.1 Å². The van der Waals surface area contributed by atoms with Gasteiger partial charge in [0.15, 0.2) is 5.82 Å². The van der Waals surface area contributed by atoms with Crippen LogP contribution in [0.4, 0.5) is 5.82 Å². The van der Waals surface area contributed by atoms with Gasteiger partial charge in [-0.25, -0.2) is 0 Å². The Morgan fingerprint density at radius 3 is 2.72 bits per heavy atom. The van der Waals surface area contributed by atoms with E-state index >= 15 is 0 Å². The molecule has 0 aromatic carbocycles. The minimum Gasteiger partial charge on any atom is -0.360 e. The van der Waals surface area contributed by atoms with Crippen LogP contribution in [0.15, 0.2) is 16.7 Å². The number of thiophene rings is 1. The van der Waals surface area contributed by atoms with Crippen LogP contribution in [-0.2, 0) is 17.6 Å². The number of carbonyl (C=O) groups is 2. The molecule has 134 valence electrons. The number of hydrogen-bond donors (Lipinski definition) is 1. The number of amides is 2. The van der Waals surface area contributed by atoms with Crippen molar-refractivity contribution in [2.75, 3.05) is 18.9 Å². The van der Waals surface area contributed by atoms with Gasteiger partial charge in [0.25, 0.3) is 5.91 Å². The number of hydrogen-bond acceptors (Lipinski definition) is 5. The summed E-state index contributed by atoms with van der Waals surface area (Å²) >= 11 is 1.58. The van der Waals surface area contributed by atoms with E-state index in [1.165, 1.54) is 41.0 Å². The zero-order valence-electron chi connectivity index (χ0n) is 14.6. The van der Waals surface area contributed by atoms with Crippen molar-refractivity contribution >= 4 is 29.0 Å². The topological polar surface area (TPSA) is 75.4 Å². The zero-order chi connectivity index (χ0) is 17.8. The molecule has 0 unspecified atom stereocenters. The summed E-state index contributed by atoms with van der Waals surface area (Å²) in [6.45, 7) is 1.73. The number of rotatable bonds is 4. The molecule has 2 heterocycles. The van der Waals surface area contributed by atoms with E-state index in [4.69, 9.17) is 4.52 Å². The summed E-state index contributed by atoms with van der Waals surface area (Å²) in [6, 6.07) is 3.65. The number of anilines is 1. The fourth-order valence-corrected chi connectivity index (χ4v) is 4.28. The zero-order valence-corrected chi connectivity index (χ0v) is 15.4. The minimum atomic E-state index is -0.293. The van der Waals surface area contributed by atoms with Gasteiger partial charge in [-0.1, -0.05) is 18.0 Å². The van der Waals surface area contributed by atoms with Crippen molar-refractivity contribution in [3.8, 4) is 0 Å². The molecular weight excluding hydrogens is 338 g/mol. The molecule has 3 rings (SSSR count). The molecule has 0 bridgehead atoms. The van der Waals surface area contributed by atoms with Gasteiger partial charge in [-0.3, -0.25) is 9.59 Å². The lowest BCUT2D eigenvalue weighted by atomic mass is 10.00. The number of fused-ring (bicyclic) bond motifs is 1. The molecule has 1 aliphatic rings. The highest BCUT2D eigenvalue weighted by Crippen LogP contribution is 2.29. The van der Waals surface area contributed by atoms with E-state index in [2.05, 4.69) is 10.5 Å². The number of nitrogens with zero attached hydrogens (tertiary/aromatic N) is 2. The summed E-state index contributed by atoms with van der Waals surface area (Å²) in [4.78, 5) is 28.2. The first kappa shape index (κ1) is 17.7. The van der Waals surface area contributed by atoms with Crippen molar-refractivity contribution in [3.05, 3.63) is 33.2 Å². The van der Waals surface area contributed by atoms with Crippen molar-refractivity contribution in [3.63, 3.8) is 0 Å². The summed E-state index contributed by atoms with van der Waals surface area (Å²) < 4.78 is 4.91. The summed E-state index contributed by atoms with van der Waals surface area (Å²) in [5, 5.41) is 6.35. The molecule has 6 nitrogen and oxygen atoms in total. The van der Waals surface area contributed by atoms with Gasteiger partial charge < -0.3 is 14.7 Å². The molecule has 1 N–H and O–H groups in total. The van der Waals surface area contributed by atoms with E-state index in [1.54, 1.807) is 31.4 Å². The van der Waals surface area contributed by atoms with Gasteiger partial charge in [-0.05, 0) is 44.2 Å². The summed E-state index contributed by atoms with van der Waals surface area (Å²) in [6.07, 6.45) is 7.02. The number of aromatic nitrogens is 1. The lowest BCUT2D eigenvalue weighted by Crippen LogP contribution is -2.34. The Kier molecular flexibility index (Phi) is 5.53. The van der Waals surface area contributed by atoms with Crippen LogP contribution in [0.5, 0.6) is 0 Å². The molecule has 2 amide bonds. The molecule has 0 fully saturated rings. The summed E-state index contributed by atoms with van der Waals surface area (Å²) in [5.41, 5.74) is 1.31. The van der Waals surface area contributed by atoms with E-state index in [0.29, 0.717) is 11.6 Å². The summed E-state index contributed by atoms with van der Waals surface area (Å²) in [5.74, 6) is 0.584. The highest BCUT2D eigenvalue weighted by Gasteiger charge is 2.20. The Morgan fingerprint density at radius 2 is 2.00 bits per heavy atom. The molecule has 0 aliphatic heterocycles. The van der Waals surface area contributed by atoms with Crippen LogP contribution in [-0.4, -0.2) is 35.5 Å². The fraction of sp³-hybridized carbons (Fsp3) is 0.500. The Morgan fingerprint density at radius 1 is 1.24 bits per heavy atom. The molecular formula is C18H23N3O3S. The van der Waals surface area contributed by atoms with Crippen LogP contribution in [0.1, 0.15) is 51.6 Å². The number of likely N-dealkylation sites (N-methyl/N-ethyl adjacent to an activating group) is 1. The lowest BCUT2D eigenvalue weighted by molar-refractivity contribution is -0.116. The molecule has 2 aromatic heterocycles. The quantitative estimate of drug-likeness (QED) is 0.905. The number of aryl methyl sites for hydroxylation is 3. The van der Waals surface area contributed by atoms with Gasteiger partial charge in [0, 0.05) is 18.0 Å². The van der Waals surface area contributed by atoms with Crippen LogP contribution in [0.25, 0.3) is 0 Å². The predicted octanol–water partition coefficient (Wildman–Crippen LogP) is 3.41. The third-order valence-corrected chi connectivity index (χ3v) is 5.56. The van der Waals surface area contributed by atoms with Crippen LogP contribution in [0, 0.1) is 6.92 Å². The fourth-order valence-electron chi connectivity index (χ4n) is 3.03. The van der Waals surface area contributed by atoms with Crippen molar-refractivity contribution in [2.24, 2.45) is 0 Å². The molecule has 2 aromatic rings. The van der Waals surface area contributed by atoms with Crippen molar-refractivity contribution in [1.29, 1.82) is 0 Å². The third-order valence-electron chi connectivity index (χ3n) is 4.33. The first-order valence-corrected chi connectivity index (χ1v) is 9.45. The van der Waals surface area contributed by atoms with Crippen LogP contribution in [0.3, 0.4) is 0 Å². The average molecular weight is 361 g/mol. The molecule has 0 saturated heterocycles. The van der Waals surface area contributed by atoms with Crippen LogP contribution in [0.2, 0.25) is 0 Å². The lowest BCUT2D eigenvalue weighted by Gasteiger charge is -2.15.